The minimum Gasteiger partial charge on any atom is -0.354 e. The van der Waals surface area contributed by atoms with Gasteiger partial charge in [-0.3, -0.25) is 4.79 Å². The van der Waals surface area contributed by atoms with Gasteiger partial charge in [-0.05, 0) is 25.3 Å². The molecule has 3 heterocycles. The largest absolute Gasteiger partial charge is 0.354 e. The van der Waals surface area contributed by atoms with Gasteiger partial charge < -0.3 is 20.4 Å². The highest BCUT2D eigenvalue weighted by Gasteiger charge is 2.27. The lowest BCUT2D eigenvalue weighted by Gasteiger charge is -2.35. The molecular formula is C15H22N6O2. The summed E-state index contributed by atoms with van der Waals surface area (Å²) in [5.74, 6) is 0.614. The molecule has 0 radical (unpaired) electrons. The van der Waals surface area contributed by atoms with Gasteiger partial charge in [-0.25, -0.2) is 14.8 Å². The van der Waals surface area contributed by atoms with Crippen molar-refractivity contribution in [1.82, 2.24) is 25.5 Å². The number of rotatable bonds is 2. The second-order valence-electron chi connectivity index (χ2n) is 5.81. The van der Waals surface area contributed by atoms with Gasteiger partial charge >= 0.3 is 6.03 Å². The highest BCUT2D eigenvalue weighted by molar-refractivity contribution is 5.87. The van der Waals surface area contributed by atoms with Crippen LogP contribution in [0.15, 0.2) is 18.5 Å². The molecule has 0 bridgehead atoms. The van der Waals surface area contributed by atoms with Gasteiger partial charge in [-0.15, -0.1) is 0 Å². The van der Waals surface area contributed by atoms with E-state index in [2.05, 4.69) is 25.5 Å². The second kappa shape index (κ2) is 7.26. The van der Waals surface area contributed by atoms with Crippen LogP contribution < -0.4 is 15.5 Å². The predicted octanol–water partition coefficient (Wildman–Crippen LogP) is -0.0231. The van der Waals surface area contributed by atoms with Crippen LogP contribution in [0.5, 0.6) is 0 Å². The van der Waals surface area contributed by atoms with Gasteiger partial charge in [0.1, 0.15) is 6.04 Å². The van der Waals surface area contributed by atoms with Crippen LogP contribution >= 0.6 is 0 Å². The molecule has 0 aromatic carbocycles. The first-order valence-corrected chi connectivity index (χ1v) is 8.09. The maximum atomic E-state index is 12.4. The Balaban J connectivity index is 1.51. The zero-order chi connectivity index (χ0) is 16.1. The number of nitrogens with zero attached hydrogens (tertiary/aromatic N) is 4. The number of piperazine rings is 1. The number of carbonyl (C=O) groups excluding carboxylic acids is 2. The van der Waals surface area contributed by atoms with Crippen LogP contribution in [0.2, 0.25) is 0 Å². The Hall–Kier alpha value is -2.38. The van der Waals surface area contributed by atoms with Gasteiger partial charge in [0.05, 0.1) is 0 Å². The van der Waals surface area contributed by atoms with Crippen molar-refractivity contribution in [3.63, 3.8) is 0 Å². The summed E-state index contributed by atoms with van der Waals surface area (Å²) in [6, 6.07) is 1.20. The van der Waals surface area contributed by atoms with Crippen LogP contribution in [0, 0.1) is 0 Å². The van der Waals surface area contributed by atoms with Gasteiger partial charge in [0.15, 0.2) is 0 Å². The minimum atomic E-state index is -0.416. The molecule has 3 amide bonds. The third-order valence-corrected chi connectivity index (χ3v) is 4.23. The van der Waals surface area contributed by atoms with Gasteiger partial charge in [-0.1, -0.05) is 0 Å². The standard InChI is InChI=1S/C15H22N6O2/c22-13-12(4-1-2-5-16-13)19-15(23)21-10-8-20(9-11-21)14-17-6-3-7-18-14/h3,6-7,12H,1-2,4-5,8-11H2,(H,16,22)(H,19,23)/t12-/m1/s1. The summed E-state index contributed by atoms with van der Waals surface area (Å²) in [6.45, 7) is 3.26. The first-order chi connectivity index (χ1) is 11.2. The third kappa shape index (κ3) is 3.88. The van der Waals surface area contributed by atoms with Crippen LogP contribution in [-0.2, 0) is 4.79 Å². The average Bonchev–Trinajstić information content (AvgIpc) is 2.80. The van der Waals surface area contributed by atoms with Gasteiger partial charge in [0, 0.05) is 45.1 Å². The van der Waals surface area contributed by atoms with Crippen molar-refractivity contribution in [1.29, 1.82) is 0 Å². The summed E-state index contributed by atoms with van der Waals surface area (Å²) in [7, 11) is 0. The molecule has 8 nitrogen and oxygen atoms in total. The molecule has 8 heteroatoms. The molecule has 1 aromatic heterocycles. The lowest BCUT2D eigenvalue weighted by molar-refractivity contribution is -0.122. The first kappa shape index (κ1) is 15.5. The fourth-order valence-electron chi connectivity index (χ4n) is 2.88. The number of anilines is 1. The van der Waals surface area contributed by atoms with E-state index in [4.69, 9.17) is 0 Å². The Morgan fingerprint density at radius 3 is 2.65 bits per heavy atom. The van der Waals surface area contributed by atoms with E-state index in [0.717, 1.165) is 12.8 Å². The van der Waals surface area contributed by atoms with E-state index in [1.165, 1.54) is 0 Å². The molecule has 2 N–H and O–H groups in total. The maximum absolute atomic E-state index is 12.4. The van der Waals surface area contributed by atoms with Crippen LogP contribution in [0.1, 0.15) is 19.3 Å². The van der Waals surface area contributed by atoms with E-state index in [-0.39, 0.29) is 11.9 Å². The first-order valence-electron chi connectivity index (χ1n) is 8.09. The van der Waals surface area contributed by atoms with Crippen molar-refractivity contribution in [2.75, 3.05) is 37.6 Å². The third-order valence-electron chi connectivity index (χ3n) is 4.23. The van der Waals surface area contributed by atoms with E-state index in [0.29, 0.717) is 45.1 Å². The number of hydrogen-bond donors (Lipinski definition) is 2. The lowest BCUT2D eigenvalue weighted by atomic mass is 10.1. The average molecular weight is 318 g/mol. The summed E-state index contributed by atoms with van der Waals surface area (Å²) >= 11 is 0. The van der Waals surface area contributed by atoms with Crippen LogP contribution in [-0.4, -0.2) is 65.6 Å². The highest BCUT2D eigenvalue weighted by Crippen LogP contribution is 2.11. The number of nitrogens with one attached hydrogen (secondary N) is 2. The fraction of sp³-hybridized carbons (Fsp3) is 0.600. The van der Waals surface area contributed by atoms with Crippen molar-refractivity contribution in [3.05, 3.63) is 18.5 Å². The zero-order valence-electron chi connectivity index (χ0n) is 13.1. The van der Waals surface area contributed by atoms with Gasteiger partial charge in [-0.2, -0.15) is 0 Å². The Bertz CT molecular complexity index is 544. The molecule has 2 saturated heterocycles. The Morgan fingerprint density at radius 2 is 1.91 bits per heavy atom. The predicted molar refractivity (Wildman–Crippen MR) is 85.0 cm³/mol. The smallest absolute Gasteiger partial charge is 0.318 e. The van der Waals surface area contributed by atoms with Crippen molar-refractivity contribution < 1.29 is 9.59 Å². The molecule has 0 spiro atoms. The van der Waals surface area contributed by atoms with Gasteiger partial charge in [0.25, 0.3) is 0 Å². The summed E-state index contributed by atoms with van der Waals surface area (Å²) in [5, 5.41) is 5.69. The molecule has 3 rings (SSSR count). The quantitative estimate of drug-likeness (QED) is 0.799. The molecule has 1 atom stereocenters. The summed E-state index contributed by atoms with van der Waals surface area (Å²) < 4.78 is 0. The van der Waals surface area contributed by atoms with E-state index < -0.39 is 6.04 Å². The molecule has 1 aromatic rings. The van der Waals surface area contributed by atoms with Crippen molar-refractivity contribution in [2.24, 2.45) is 0 Å². The number of hydrogen-bond acceptors (Lipinski definition) is 5. The van der Waals surface area contributed by atoms with E-state index >= 15 is 0 Å². The fourth-order valence-corrected chi connectivity index (χ4v) is 2.88. The summed E-state index contributed by atoms with van der Waals surface area (Å²) in [6.07, 6.45) is 6.05. The number of urea groups is 1. The normalized spacial score (nSPS) is 22.3. The molecule has 0 saturated carbocycles. The van der Waals surface area contributed by atoms with E-state index in [1.807, 2.05) is 0 Å². The molecule has 23 heavy (non-hydrogen) atoms. The van der Waals surface area contributed by atoms with E-state index in [9.17, 15) is 9.59 Å². The van der Waals surface area contributed by atoms with Crippen molar-refractivity contribution >= 4 is 17.9 Å². The number of amides is 3. The molecule has 2 fully saturated rings. The van der Waals surface area contributed by atoms with Crippen LogP contribution in [0.4, 0.5) is 10.7 Å². The monoisotopic (exact) mass is 318 g/mol. The van der Waals surface area contributed by atoms with Crippen LogP contribution in [0.25, 0.3) is 0 Å². The lowest BCUT2D eigenvalue weighted by Crippen LogP contribution is -2.55. The molecule has 0 unspecified atom stereocenters. The number of carbonyl (C=O) groups is 2. The topological polar surface area (TPSA) is 90.5 Å². The highest BCUT2D eigenvalue weighted by atomic mass is 16.2. The molecule has 0 aliphatic carbocycles. The Morgan fingerprint density at radius 1 is 1.17 bits per heavy atom. The SMILES string of the molecule is O=C1NCCCC[C@H]1NC(=O)N1CCN(c2ncccn2)CC1. The van der Waals surface area contributed by atoms with Crippen molar-refractivity contribution in [3.8, 4) is 0 Å². The van der Waals surface area contributed by atoms with E-state index in [1.54, 1.807) is 23.4 Å². The van der Waals surface area contributed by atoms with Crippen LogP contribution in [0.3, 0.4) is 0 Å². The van der Waals surface area contributed by atoms with Crippen molar-refractivity contribution in [2.45, 2.75) is 25.3 Å². The summed E-state index contributed by atoms with van der Waals surface area (Å²) in [5.41, 5.74) is 0. The molecule has 2 aliphatic heterocycles. The minimum absolute atomic E-state index is 0.0767. The second-order valence-corrected chi connectivity index (χ2v) is 5.81. The number of aromatic nitrogens is 2. The zero-order valence-corrected chi connectivity index (χ0v) is 13.1. The Kier molecular flexibility index (Phi) is 4.89. The van der Waals surface area contributed by atoms with Gasteiger partial charge in [0.2, 0.25) is 11.9 Å². The Labute approximate surface area is 135 Å². The molecule has 124 valence electrons. The maximum Gasteiger partial charge on any atom is 0.318 e. The molecular weight excluding hydrogens is 296 g/mol. The summed E-state index contributed by atoms with van der Waals surface area (Å²) in [4.78, 5) is 36.5. The molecule has 2 aliphatic rings.